The first-order valence-corrected chi connectivity index (χ1v) is 9.75. The van der Waals surface area contributed by atoms with E-state index in [0.717, 1.165) is 19.4 Å². The van der Waals surface area contributed by atoms with E-state index in [4.69, 9.17) is 21.1 Å². The summed E-state index contributed by atoms with van der Waals surface area (Å²) in [4.78, 5) is 15.0. The molecule has 0 unspecified atom stereocenters. The van der Waals surface area contributed by atoms with Gasteiger partial charge in [0.15, 0.2) is 5.65 Å². The number of nitrogens with one attached hydrogen (secondary N) is 1. The van der Waals surface area contributed by atoms with Gasteiger partial charge in [0, 0.05) is 25.4 Å². The van der Waals surface area contributed by atoms with Crippen LogP contribution < -0.4 is 19.7 Å². The van der Waals surface area contributed by atoms with E-state index < -0.39 is 0 Å². The van der Waals surface area contributed by atoms with Crippen LogP contribution in [0.15, 0.2) is 36.5 Å². The lowest BCUT2D eigenvalue weighted by Gasteiger charge is -2.32. The molecule has 8 nitrogen and oxygen atoms in total. The highest BCUT2D eigenvalue weighted by Crippen LogP contribution is 2.31. The third-order valence-electron chi connectivity index (χ3n) is 5.11. The molecule has 1 aliphatic rings. The summed E-state index contributed by atoms with van der Waals surface area (Å²) < 4.78 is 12.5. The Morgan fingerprint density at radius 3 is 2.90 bits per heavy atom. The molecule has 1 amide bonds. The first-order valence-electron chi connectivity index (χ1n) is 9.38. The zero-order valence-corrected chi connectivity index (χ0v) is 17.0. The van der Waals surface area contributed by atoms with Gasteiger partial charge in [-0.1, -0.05) is 11.6 Å². The molecule has 1 aliphatic heterocycles. The molecule has 0 radical (unpaired) electrons. The van der Waals surface area contributed by atoms with E-state index in [-0.39, 0.29) is 11.8 Å². The Kier molecular flexibility index (Phi) is 5.44. The first-order chi connectivity index (χ1) is 14.1. The molecule has 0 bridgehead atoms. The predicted molar refractivity (Wildman–Crippen MR) is 111 cm³/mol. The zero-order valence-electron chi connectivity index (χ0n) is 16.3. The molecule has 0 aliphatic carbocycles. The number of anilines is 2. The Labute approximate surface area is 173 Å². The number of carbonyl (C=O) groups excluding carboxylic acids is 1. The van der Waals surface area contributed by atoms with Crippen molar-refractivity contribution in [2.45, 2.75) is 12.8 Å². The van der Waals surface area contributed by atoms with Crippen molar-refractivity contribution in [3.63, 3.8) is 0 Å². The summed E-state index contributed by atoms with van der Waals surface area (Å²) in [7, 11) is 3.16. The summed E-state index contributed by atoms with van der Waals surface area (Å²) in [6.45, 7) is 1.35. The molecule has 0 saturated carbocycles. The molecule has 2 aromatic heterocycles. The number of hydrogen-bond acceptors (Lipinski definition) is 6. The summed E-state index contributed by atoms with van der Waals surface area (Å²) >= 11 is 6.20. The Bertz CT molecular complexity index is 1040. The molecule has 9 heteroatoms. The lowest BCUT2D eigenvalue weighted by molar-refractivity contribution is -0.120. The number of ether oxygens (including phenoxy) is 2. The maximum Gasteiger partial charge on any atom is 0.231 e. The molecule has 3 aromatic rings. The van der Waals surface area contributed by atoms with Crippen molar-refractivity contribution in [3.05, 3.63) is 41.6 Å². The van der Waals surface area contributed by atoms with Gasteiger partial charge in [0.1, 0.15) is 11.5 Å². The molecule has 1 N–H and O–H groups in total. The number of pyridine rings is 1. The Balaban J connectivity index is 1.52. The number of aromatic nitrogens is 3. The van der Waals surface area contributed by atoms with E-state index in [1.54, 1.807) is 38.5 Å². The van der Waals surface area contributed by atoms with Crippen molar-refractivity contribution in [2.75, 3.05) is 37.5 Å². The maximum atomic E-state index is 13.0. The fourth-order valence-corrected chi connectivity index (χ4v) is 3.81. The molecule has 1 aromatic carbocycles. The SMILES string of the molecule is COc1ccc(OC)c(NC(=O)[C@@H]2CCCN(c3nnc4c(Cl)cccn34)C2)c1. The van der Waals surface area contributed by atoms with Crippen molar-refractivity contribution in [2.24, 2.45) is 5.92 Å². The highest BCUT2D eigenvalue weighted by molar-refractivity contribution is 6.33. The monoisotopic (exact) mass is 415 g/mol. The Hall–Kier alpha value is -3.00. The quantitative estimate of drug-likeness (QED) is 0.688. The summed E-state index contributed by atoms with van der Waals surface area (Å²) in [5, 5.41) is 12.0. The van der Waals surface area contributed by atoms with Crippen LogP contribution in [0.5, 0.6) is 11.5 Å². The molecular weight excluding hydrogens is 394 g/mol. The predicted octanol–water partition coefficient (Wildman–Crippen LogP) is 3.26. The fraction of sp³-hybridized carbons (Fsp3) is 0.350. The highest BCUT2D eigenvalue weighted by atomic mass is 35.5. The molecule has 3 heterocycles. The lowest BCUT2D eigenvalue weighted by Crippen LogP contribution is -2.41. The number of carbonyl (C=O) groups is 1. The van der Waals surface area contributed by atoms with E-state index >= 15 is 0 Å². The Morgan fingerprint density at radius 1 is 1.24 bits per heavy atom. The van der Waals surface area contributed by atoms with Gasteiger partial charge in [0.2, 0.25) is 11.9 Å². The second kappa shape index (κ2) is 8.16. The fourth-order valence-electron chi connectivity index (χ4n) is 3.61. The number of amides is 1. The van der Waals surface area contributed by atoms with Crippen LogP contribution in [-0.4, -0.2) is 47.8 Å². The molecule has 1 fully saturated rings. The van der Waals surface area contributed by atoms with Crippen LogP contribution in [0.1, 0.15) is 12.8 Å². The van der Waals surface area contributed by atoms with E-state index in [9.17, 15) is 4.79 Å². The van der Waals surface area contributed by atoms with Crippen LogP contribution in [0, 0.1) is 5.92 Å². The standard InChI is InChI=1S/C20H22ClN5O3/c1-28-14-7-8-17(29-2)16(11-14)22-19(27)13-5-3-9-25(12-13)20-24-23-18-15(21)6-4-10-26(18)20/h4,6-8,10-11,13H,3,5,9,12H2,1-2H3,(H,22,27)/t13-/m1/s1. The van der Waals surface area contributed by atoms with Crippen molar-refractivity contribution in [1.29, 1.82) is 0 Å². The first kappa shape index (κ1) is 19.3. The normalized spacial score (nSPS) is 16.7. The summed E-state index contributed by atoms with van der Waals surface area (Å²) in [5.41, 5.74) is 1.20. The van der Waals surface area contributed by atoms with Gasteiger partial charge in [0.05, 0.1) is 30.8 Å². The van der Waals surface area contributed by atoms with E-state index in [2.05, 4.69) is 20.4 Å². The van der Waals surface area contributed by atoms with Crippen LogP contribution in [0.2, 0.25) is 5.02 Å². The van der Waals surface area contributed by atoms with Crippen LogP contribution in [-0.2, 0) is 4.79 Å². The molecule has 4 rings (SSSR count). The van der Waals surface area contributed by atoms with Gasteiger partial charge >= 0.3 is 0 Å². The molecule has 152 valence electrons. The smallest absolute Gasteiger partial charge is 0.231 e. The summed E-state index contributed by atoms with van der Waals surface area (Å²) in [5.74, 6) is 1.68. The van der Waals surface area contributed by atoms with Gasteiger partial charge in [-0.15, -0.1) is 10.2 Å². The third-order valence-corrected chi connectivity index (χ3v) is 5.40. The van der Waals surface area contributed by atoms with Gasteiger partial charge in [-0.25, -0.2) is 0 Å². The van der Waals surface area contributed by atoms with Crippen LogP contribution in [0.3, 0.4) is 0 Å². The van der Waals surface area contributed by atoms with E-state index in [0.29, 0.717) is 40.3 Å². The number of fused-ring (bicyclic) bond motifs is 1. The number of halogens is 1. The van der Waals surface area contributed by atoms with Gasteiger partial charge in [-0.2, -0.15) is 0 Å². The number of methoxy groups -OCH3 is 2. The lowest BCUT2D eigenvalue weighted by atomic mass is 9.97. The molecule has 1 atom stereocenters. The van der Waals surface area contributed by atoms with Crippen molar-refractivity contribution in [1.82, 2.24) is 14.6 Å². The van der Waals surface area contributed by atoms with E-state index in [1.807, 2.05) is 16.7 Å². The third kappa shape index (κ3) is 3.80. The maximum absolute atomic E-state index is 13.0. The van der Waals surface area contributed by atoms with Crippen LogP contribution in [0.25, 0.3) is 5.65 Å². The number of hydrogen-bond donors (Lipinski definition) is 1. The summed E-state index contributed by atoms with van der Waals surface area (Å²) in [6, 6.07) is 8.95. The van der Waals surface area contributed by atoms with Gasteiger partial charge in [-0.05, 0) is 37.1 Å². The summed E-state index contributed by atoms with van der Waals surface area (Å²) in [6.07, 6.45) is 3.55. The van der Waals surface area contributed by atoms with Crippen LogP contribution in [0.4, 0.5) is 11.6 Å². The average molecular weight is 416 g/mol. The Morgan fingerprint density at radius 2 is 2.10 bits per heavy atom. The van der Waals surface area contributed by atoms with Crippen molar-refractivity contribution in [3.8, 4) is 11.5 Å². The number of nitrogens with zero attached hydrogens (tertiary/aromatic N) is 4. The van der Waals surface area contributed by atoms with E-state index in [1.165, 1.54) is 0 Å². The number of rotatable bonds is 5. The minimum Gasteiger partial charge on any atom is -0.497 e. The van der Waals surface area contributed by atoms with Crippen LogP contribution >= 0.6 is 11.6 Å². The molecular formula is C20H22ClN5O3. The number of piperidine rings is 1. The average Bonchev–Trinajstić information content (AvgIpc) is 3.19. The second-order valence-corrected chi connectivity index (χ2v) is 7.30. The highest BCUT2D eigenvalue weighted by Gasteiger charge is 2.29. The second-order valence-electron chi connectivity index (χ2n) is 6.89. The molecule has 0 spiro atoms. The number of benzene rings is 1. The molecule has 29 heavy (non-hydrogen) atoms. The zero-order chi connectivity index (χ0) is 20.4. The van der Waals surface area contributed by atoms with Crippen molar-refractivity contribution < 1.29 is 14.3 Å². The van der Waals surface area contributed by atoms with Gasteiger partial charge in [-0.3, -0.25) is 9.20 Å². The topological polar surface area (TPSA) is 81.0 Å². The van der Waals surface area contributed by atoms with Crippen molar-refractivity contribution >= 4 is 34.8 Å². The minimum atomic E-state index is -0.189. The minimum absolute atomic E-state index is 0.0619. The van der Waals surface area contributed by atoms with Gasteiger partial charge in [0.25, 0.3) is 0 Å². The van der Waals surface area contributed by atoms with Gasteiger partial charge < -0.3 is 19.7 Å². The largest absolute Gasteiger partial charge is 0.497 e. The molecule has 1 saturated heterocycles.